The van der Waals surface area contributed by atoms with Gasteiger partial charge in [0.15, 0.2) is 0 Å². The van der Waals surface area contributed by atoms with Gasteiger partial charge >= 0.3 is 0 Å². The van der Waals surface area contributed by atoms with Gasteiger partial charge in [0.1, 0.15) is 0 Å². The summed E-state index contributed by atoms with van der Waals surface area (Å²) < 4.78 is 2.93. The summed E-state index contributed by atoms with van der Waals surface area (Å²) in [6.07, 6.45) is -0.102. The van der Waals surface area contributed by atoms with E-state index in [1.54, 1.807) is 16.0 Å². The van der Waals surface area contributed by atoms with E-state index in [1.165, 1.54) is 4.70 Å². The van der Waals surface area contributed by atoms with Gasteiger partial charge in [-0.25, -0.2) is 0 Å². The molecule has 0 saturated carbocycles. The van der Waals surface area contributed by atoms with Crippen LogP contribution in [-0.4, -0.2) is 14.9 Å². The van der Waals surface area contributed by atoms with E-state index in [2.05, 4.69) is 11.2 Å². The summed E-state index contributed by atoms with van der Waals surface area (Å²) in [4.78, 5) is 0. The Bertz CT molecular complexity index is 762. The van der Waals surface area contributed by atoms with Gasteiger partial charge in [0.05, 0.1) is 22.5 Å². The normalized spacial score (nSPS) is 13.0. The van der Waals surface area contributed by atoms with Crippen LogP contribution in [0.3, 0.4) is 0 Å². The highest BCUT2D eigenvalue weighted by Crippen LogP contribution is 2.33. The van der Waals surface area contributed by atoms with Crippen LogP contribution < -0.4 is 0 Å². The quantitative estimate of drug-likeness (QED) is 0.797. The molecule has 20 heavy (non-hydrogen) atoms. The summed E-state index contributed by atoms with van der Waals surface area (Å²) in [7, 11) is 1.85. The first-order chi connectivity index (χ1) is 9.58. The van der Waals surface area contributed by atoms with Gasteiger partial charge in [0.2, 0.25) is 0 Å². The van der Waals surface area contributed by atoms with Crippen LogP contribution in [0.25, 0.3) is 10.1 Å². The van der Waals surface area contributed by atoms with Crippen LogP contribution in [0.1, 0.15) is 23.1 Å². The molecular weight excluding hydrogens is 292 g/mol. The Balaban J connectivity index is 1.95. The van der Waals surface area contributed by atoms with Gasteiger partial charge in [0, 0.05) is 18.2 Å². The van der Waals surface area contributed by atoms with Gasteiger partial charge in [-0.2, -0.15) is 5.10 Å². The maximum atomic E-state index is 10.5. The maximum Gasteiger partial charge on any atom is 0.0859 e. The van der Waals surface area contributed by atoms with Crippen LogP contribution in [0.15, 0.2) is 29.6 Å². The number of rotatable bonds is 3. The van der Waals surface area contributed by atoms with Gasteiger partial charge in [-0.3, -0.25) is 4.68 Å². The molecule has 1 atom stereocenters. The van der Waals surface area contributed by atoms with Crippen molar-refractivity contribution >= 4 is 33.0 Å². The van der Waals surface area contributed by atoms with Gasteiger partial charge in [-0.15, -0.1) is 11.3 Å². The summed E-state index contributed by atoms with van der Waals surface area (Å²) in [5, 5.41) is 18.6. The summed E-state index contributed by atoms with van der Waals surface area (Å²) >= 11 is 7.90. The summed E-state index contributed by atoms with van der Waals surface area (Å²) in [6, 6.07) is 8.11. The topological polar surface area (TPSA) is 38.0 Å². The first-order valence-corrected chi connectivity index (χ1v) is 7.66. The minimum Gasteiger partial charge on any atom is -0.388 e. The van der Waals surface area contributed by atoms with Crippen molar-refractivity contribution in [3.8, 4) is 0 Å². The largest absolute Gasteiger partial charge is 0.388 e. The highest BCUT2D eigenvalue weighted by atomic mass is 35.5. The molecule has 0 aliphatic rings. The lowest BCUT2D eigenvalue weighted by atomic mass is 10.0. The second kappa shape index (κ2) is 5.20. The number of benzene rings is 1. The van der Waals surface area contributed by atoms with Crippen LogP contribution in [0.4, 0.5) is 0 Å². The molecule has 0 saturated heterocycles. The van der Waals surface area contributed by atoms with Crippen molar-refractivity contribution in [2.75, 3.05) is 0 Å². The second-order valence-electron chi connectivity index (χ2n) is 4.88. The summed E-state index contributed by atoms with van der Waals surface area (Å²) in [6.45, 7) is 1.87. The van der Waals surface area contributed by atoms with Gasteiger partial charge < -0.3 is 5.11 Å². The Hall–Kier alpha value is -1.36. The molecule has 1 aromatic carbocycles. The van der Waals surface area contributed by atoms with E-state index in [9.17, 15) is 5.11 Å². The number of thiophene rings is 1. The molecule has 0 aliphatic heterocycles. The third-order valence-electron chi connectivity index (χ3n) is 3.52. The standard InChI is InChI=1S/C15H15ClN2OS/c1-9-15(16)12(18(2)17-9)7-13(19)11-8-20-14-6-4-3-5-10(11)14/h3-6,8,13,19H,7H2,1-2H3. The molecule has 0 aliphatic carbocycles. The zero-order valence-corrected chi connectivity index (χ0v) is 12.9. The van der Waals surface area contributed by atoms with Gasteiger partial charge in [0.25, 0.3) is 0 Å². The molecule has 0 radical (unpaired) electrons. The van der Waals surface area contributed by atoms with Crippen LogP contribution in [0.5, 0.6) is 0 Å². The van der Waals surface area contributed by atoms with Crippen molar-refractivity contribution < 1.29 is 5.11 Å². The summed E-state index contributed by atoms with van der Waals surface area (Å²) in [5.41, 5.74) is 2.62. The van der Waals surface area contributed by atoms with Crippen LogP contribution in [0, 0.1) is 6.92 Å². The number of aryl methyl sites for hydroxylation is 2. The smallest absolute Gasteiger partial charge is 0.0859 e. The first kappa shape index (κ1) is 13.6. The van der Waals surface area contributed by atoms with Crippen molar-refractivity contribution in [3.05, 3.63) is 51.6 Å². The molecule has 0 bridgehead atoms. The van der Waals surface area contributed by atoms with Crippen molar-refractivity contribution in [2.45, 2.75) is 19.4 Å². The van der Waals surface area contributed by atoms with E-state index >= 15 is 0 Å². The van der Waals surface area contributed by atoms with E-state index in [0.717, 1.165) is 22.3 Å². The number of halogens is 1. The zero-order valence-electron chi connectivity index (χ0n) is 11.3. The maximum absolute atomic E-state index is 10.5. The molecule has 5 heteroatoms. The molecule has 1 N–H and O–H groups in total. The Morgan fingerprint density at radius 3 is 2.85 bits per heavy atom. The molecule has 3 nitrogen and oxygen atoms in total. The molecule has 2 heterocycles. The molecule has 1 unspecified atom stereocenters. The van der Waals surface area contributed by atoms with E-state index in [-0.39, 0.29) is 0 Å². The molecule has 3 aromatic rings. The third-order valence-corrected chi connectivity index (χ3v) is 4.99. The number of hydrogen-bond donors (Lipinski definition) is 1. The number of nitrogens with zero attached hydrogens (tertiary/aromatic N) is 2. The Morgan fingerprint density at radius 2 is 2.15 bits per heavy atom. The molecule has 0 amide bonds. The number of aliphatic hydroxyl groups excluding tert-OH is 1. The fourth-order valence-corrected chi connectivity index (χ4v) is 3.70. The lowest BCUT2D eigenvalue weighted by molar-refractivity contribution is 0.178. The number of fused-ring (bicyclic) bond motifs is 1. The van der Waals surface area contributed by atoms with Crippen LogP contribution >= 0.6 is 22.9 Å². The fraction of sp³-hybridized carbons (Fsp3) is 0.267. The van der Waals surface area contributed by atoms with Crippen molar-refractivity contribution in [1.29, 1.82) is 0 Å². The number of aliphatic hydroxyl groups is 1. The SMILES string of the molecule is Cc1nn(C)c(CC(O)c2csc3ccccc23)c1Cl. The minimum atomic E-state index is -0.571. The van der Waals surface area contributed by atoms with Gasteiger partial charge in [-0.05, 0) is 29.3 Å². The van der Waals surface area contributed by atoms with Crippen LogP contribution in [-0.2, 0) is 13.5 Å². The predicted molar refractivity (Wildman–Crippen MR) is 83.4 cm³/mol. The van der Waals surface area contributed by atoms with E-state index < -0.39 is 6.10 Å². The molecule has 104 valence electrons. The van der Waals surface area contributed by atoms with Crippen molar-refractivity contribution in [3.63, 3.8) is 0 Å². The minimum absolute atomic E-state index is 0.469. The van der Waals surface area contributed by atoms with Crippen LogP contribution in [0.2, 0.25) is 5.02 Å². The van der Waals surface area contributed by atoms with E-state index in [1.807, 2.05) is 37.6 Å². The Kier molecular flexibility index (Phi) is 3.54. The molecule has 3 rings (SSSR count). The predicted octanol–water partition coefficient (Wildman–Crippen LogP) is 3.87. The third kappa shape index (κ3) is 2.24. The van der Waals surface area contributed by atoms with Gasteiger partial charge in [-0.1, -0.05) is 29.8 Å². The summed E-state index contributed by atoms with van der Waals surface area (Å²) in [5.74, 6) is 0. The molecule has 0 fully saturated rings. The van der Waals surface area contributed by atoms with Crippen molar-refractivity contribution in [2.24, 2.45) is 7.05 Å². The fourth-order valence-electron chi connectivity index (χ4n) is 2.45. The molecular formula is C15H15ClN2OS. The second-order valence-corrected chi connectivity index (χ2v) is 6.17. The number of aromatic nitrogens is 2. The van der Waals surface area contributed by atoms with Crippen molar-refractivity contribution in [1.82, 2.24) is 9.78 Å². The van der Waals surface area contributed by atoms with E-state index in [4.69, 9.17) is 11.6 Å². The average Bonchev–Trinajstić information content (AvgIpc) is 2.96. The number of hydrogen-bond acceptors (Lipinski definition) is 3. The lowest BCUT2D eigenvalue weighted by Crippen LogP contribution is -2.06. The highest BCUT2D eigenvalue weighted by Gasteiger charge is 2.19. The molecule has 2 aromatic heterocycles. The molecule has 0 spiro atoms. The Morgan fingerprint density at radius 1 is 1.40 bits per heavy atom. The van der Waals surface area contributed by atoms with E-state index in [0.29, 0.717) is 11.4 Å². The Labute approximate surface area is 126 Å². The zero-order chi connectivity index (χ0) is 14.3. The average molecular weight is 307 g/mol. The lowest BCUT2D eigenvalue weighted by Gasteiger charge is -2.10. The highest BCUT2D eigenvalue weighted by molar-refractivity contribution is 7.17. The first-order valence-electron chi connectivity index (χ1n) is 6.40. The monoisotopic (exact) mass is 306 g/mol.